The number of carbonyl (C=O) groups is 1. The molecule has 2 N–H and O–H groups in total. The van der Waals surface area contributed by atoms with E-state index in [1.807, 2.05) is 0 Å². The minimum atomic E-state index is -0.676. The Balaban J connectivity index is 0.00000180. The summed E-state index contributed by atoms with van der Waals surface area (Å²) in [6, 6.07) is 3.27. The Bertz CT molecular complexity index is 456. The lowest BCUT2D eigenvalue weighted by atomic mass is 10.0. The molecule has 1 aliphatic heterocycles. The maximum absolute atomic E-state index is 13.4. The van der Waals surface area contributed by atoms with E-state index in [-0.39, 0.29) is 36.3 Å². The minimum absolute atomic E-state index is 0. The maximum atomic E-state index is 13.4. The summed E-state index contributed by atoms with van der Waals surface area (Å²) in [7, 11) is 0. The predicted octanol–water partition coefficient (Wildman–Crippen LogP) is 1.88. The van der Waals surface area contributed by atoms with Crippen molar-refractivity contribution in [2.45, 2.75) is 25.3 Å². The van der Waals surface area contributed by atoms with E-state index in [0.717, 1.165) is 25.0 Å². The van der Waals surface area contributed by atoms with Crippen LogP contribution in [0.15, 0.2) is 18.2 Å². The van der Waals surface area contributed by atoms with Gasteiger partial charge in [0.25, 0.3) is 0 Å². The molecule has 1 aliphatic rings. The Morgan fingerprint density at radius 2 is 2.16 bits per heavy atom. The molecule has 6 heteroatoms. The van der Waals surface area contributed by atoms with Crippen molar-refractivity contribution < 1.29 is 13.6 Å². The van der Waals surface area contributed by atoms with Gasteiger partial charge in [0.15, 0.2) is 0 Å². The van der Waals surface area contributed by atoms with Crippen LogP contribution in [-0.4, -0.2) is 29.9 Å². The van der Waals surface area contributed by atoms with Gasteiger partial charge in [-0.25, -0.2) is 8.78 Å². The van der Waals surface area contributed by atoms with Gasteiger partial charge in [0.2, 0.25) is 5.91 Å². The number of rotatable bonds is 2. The first-order valence-corrected chi connectivity index (χ1v) is 6.03. The second-order valence-corrected chi connectivity index (χ2v) is 4.65. The van der Waals surface area contributed by atoms with Gasteiger partial charge < -0.3 is 10.6 Å². The summed E-state index contributed by atoms with van der Waals surface area (Å²) in [4.78, 5) is 13.6. The molecule has 1 unspecified atom stereocenters. The molecular formula is C13H17ClF2N2O. The van der Waals surface area contributed by atoms with Crippen LogP contribution in [0.1, 0.15) is 18.4 Å². The van der Waals surface area contributed by atoms with Crippen LogP contribution in [0.5, 0.6) is 0 Å². The summed E-state index contributed by atoms with van der Waals surface area (Å²) in [5.74, 6) is -1.47. The molecule has 1 fully saturated rings. The van der Waals surface area contributed by atoms with Gasteiger partial charge in [0, 0.05) is 25.2 Å². The molecule has 19 heavy (non-hydrogen) atoms. The number of piperidine rings is 1. The second-order valence-electron chi connectivity index (χ2n) is 4.65. The zero-order valence-corrected chi connectivity index (χ0v) is 11.3. The van der Waals surface area contributed by atoms with E-state index in [9.17, 15) is 13.6 Å². The molecule has 1 atom stereocenters. The Kier molecular flexibility index (Phi) is 5.69. The van der Waals surface area contributed by atoms with Gasteiger partial charge in [0.05, 0.1) is 6.42 Å². The molecule has 1 heterocycles. The zero-order chi connectivity index (χ0) is 13.1. The van der Waals surface area contributed by atoms with Gasteiger partial charge in [-0.15, -0.1) is 12.4 Å². The van der Waals surface area contributed by atoms with Crippen molar-refractivity contribution in [3.05, 3.63) is 35.4 Å². The fourth-order valence-corrected chi connectivity index (χ4v) is 2.18. The fraction of sp³-hybridized carbons (Fsp3) is 0.462. The third-order valence-electron chi connectivity index (χ3n) is 3.17. The zero-order valence-electron chi connectivity index (χ0n) is 10.4. The molecule has 3 nitrogen and oxygen atoms in total. The summed E-state index contributed by atoms with van der Waals surface area (Å²) in [6.07, 6.45) is 1.74. The maximum Gasteiger partial charge on any atom is 0.227 e. The van der Waals surface area contributed by atoms with E-state index in [1.165, 1.54) is 6.07 Å². The highest BCUT2D eigenvalue weighted by Crippen LogP contribution is 2.14. The number of likely N-dealkylation sites (tertiary alicyclic amines) is 1. The monoisotopic (exact) mass is 290 g/mol. The minimum Gasteiger partial charge on any atom is -0.341 e. The number of nitrogens with two attached hydrogens (primary N) is 1. The number of carbonyl (C=O) groups excluding carboxylic acids is 1. The molecule has 0 aliphatic carbocycles. The van der Waals surface area contributed by atoms with Crippen molar-refractivity contribution in [2.24, 2.45) is 5.73 Å². The first-order valence-electron chi connectivity index (χ1n) is 6.03. The van der Waals surface area contributed by atoms with Gasteiger partial charge in [-0.1, -0.05) is 6.07 Å². The van der Waals surface area contributed by atoms with Gasteiger partial charge in [-0.3, -0.25) is 4.79 Å². The second kappa shape index (κ2) is 6.82. The van der Waals surface area contributed by atoms with Gasteiger partial charge in [-0.05, 0) is 24.5 Å². The van der Waals surface area contributed by atoms with Crippen LogP contribution >= 0.6 is 12.4 Å². The van der Waals surface area contributed by atoms with Crippen molar-refractivity contribution >= 4 is 18.3 Å². The summed E-state index contributed by atoms with van der Waals surface area (Å²) >= 11 is 0. The average Bonchev–Trinajstić information content (AvgIpc) is 2.32. The van der Waals surface area contributed by atoms with Gasteiger partial charge >= 0.3 is 0 Å². The van der Waals surface area contributed by atoms with E-state index in [1.54, 1.807) is 4.90 Å². The molecule has 0 radical (unpaired) electrons. The third kappa shape index (κ3) is 4.14. The van der Waals surface area contributed by atoms with Crippen molar-refractivity contribution in [2.75, 3.05) is 13.1 Å². The number of benzene rings is 1. The van der Waals surface area contributed by atoms with Crippen LogP contribution in [0.25, 0.3) is 0 Å². The molecule has 0 saturated carbocycles. The Labute approximate surface area is 117 Å². The SMILES string of the molecule is Cl.NC1CCCN(C(=O)Cc2ccc(F)cc2F)C1. The van der Waals surface area contributed by atoms with Crippen molar-refractivity contribution in [1.82, 2.24) is 4.90 Å². The molecule has 1 aromatic carbocycles. The topological polar surface area (TPSA) is 46.3 Å². The van der Waals surface area contributed by atoms with E-state index in [4.69, 9.17) is 5.73 Å². The number of halogens is 3. The number of hydrogen-bond donors (Lipinski definition) is 1. The Morgan fingerprint density at radius 1 is 1.42 bits per heavy atom. The number of hydrogen-bond acceptors (Lipinski definition) is 2. The lowest BCUT2D eigenvalue weighted by Crippen LogP contribution is -2.46. The number of nitrogens with zero attached hydrogens (tertiary/aromatic N) is 1. The molecule has 106 valence electrons. The lowest BCUT2D eigenvalue weighted by Gasteiger charge is -2.30. The van der Waals surface area contributed by atoms with Crippen molar-refractivity contribution in [3.8, 4) is 0 Å². The highest BCUT2D eigenvalue weighted by molar-refractivity contribution is 5.85. The fourth-order valence-electron chi connectivity index (χ4n) is 2.18. The van der Waals surface area contributed by atoms with E-state index in [0.29, 0.717) is 13.1 Å². The normalized spacial score (nSPS) is 18.9. The first kappa shape index (κ1) is 15.9. The van der Waals surface area contributed by atoms with Crippen LogP contribution in [0, 0.1) is 11.6 Å². The lowest BCUT2D eigenvalue weighted by molar-refractivity contribution is -0.131. The molecule has 1 saturated heterocycles. The average molecular weight is 291 g/mol. The molecule has 2 rings (SSSR count). The largest absolute Gasteiger partial charge is 0.341 e. The van der Waals surface area contributed by atoms with Gasteiger partial charge in [0.1, 0.15) is 11.6 Å². The molecule has 0 spiro atoms. The first-order chi connectivity index (χ1) is 8.56. The van der Waals surface area contributed by atoms with Gasteiger partial charge in [-0.2, -0.15) is 0 Å². The number of amides is 1. The van der Waals surface area contributed by atoms with Crippen LogP contribution in [0.4, 0.5) is 8.78 Å². The van der Waals surface area contributed by atoms with E-state index < -0.39 is 11.6 Å². The molecule has 1 amide bonds. The highest BCUT2D eigenvalue weighted by Gasteiger charge is 2.22. The van der Waals surface area contributed by atoms with Crippen molar-refractivity contribution in [1.29, 1.82) is 0 Å². The summed E-state index contributed by atoms with van der Waals surface area (Å²) in [6.45, 7) is 1.18. The summed E-state index contributed by atoms with van der Waals surface area (Å²) in [5, 5.41) is 0. The standard InChI is InChI=1S/C13H16F2N2O.ClH/c14-10-4-3-9(12(15)7-10)6-13(18)17-5-1-2-11(16)8-17;/h3-4,7,11H,1-2,5-6,8,16H2;1H. The third-order valence-corrected chi connectivity index (χ3v) is 3.17. The molecule has 1 aromatic rings. The van der Waals surface area contributed by atoms with E-state index in [2.05, 4.69) is 0 Å². The van der Waals surface area contributed by atoms with Crippen LogP contribution in [-0.2, 0) is 11.2 Å². The smallest absolute Gasteiger partial charge is 0.227 e. The highest BCUT2D eigenvalue weighted by atomic mass is 35.5. The van der Waals surface area contributed by atoms with Crippen molar-refractivity contribution in [3.63, 3.8) is 0 Å². The summed E-state index contributed by atoms with van der Waals surface area (Å²) < 4.78 is 26.2. The predicted molar refractivity (Wildman–Crippen MR) is 71.1 cm³/mol. The molecular weight excluding hydrogens is 274 g/mol. The van der Waals surface area contributed by atoms with Crippen LogP contribution < -0.4 is 5.73 Å². The molecule has 0 aromatic heterocycles. The Morgan fingerprint density at radius 3 is 2.79 bits per heavy atom. The van der Waals surface area contributed by atoms with E-state index >= 15 is 0 Å². The molecule has 0 bridgehead atoms. The quantitative estimate of drug-likeness (QED) is 0.904. The van der Waals surface area contributed by atoms with Crippen LogP contribution in [0.3, 0.4) is 0 Å². The van der Waals surface area contributed by atoms with Crippen LogP contribution in [0.2, 0.25) is 0 Å². The summed E-state index contributed by atoms with van der Waals surface area (Å²) in [5.41, 5.74) is 6.01. The Hall–Kier alpha value is -1.20.